The van der Waals surface area contributed by atoms with Crippen LogP contribution in [0, 0.1) is 0 Å². The third-order valence-corrected chi connectivity index (χ3v) is 4.75. The molecule has 0 spiro atoms. The molecule has 0 bridgehead atoms. The Morgan fingerprint density at radius 1 is 0.926 bits per heavy atom. The van der Waals surface area contributed by atoms with Gasteiger partial charge in [-0.15, -0.1) is 0 Å². The summed E-state index contributed by atoms with van der Waals surface area (Å²) in [7, 11) is 0. The average Bonchev–Trinajstić information content (AvgIpc) is 3.04. The molecular formula is C23H29N3O. The predicted molar refractivity (Wildman–Crippen MR) is 112 cm³/mol. The minimum absolute atomic E-state index is 0.208. The fourth-order valence-corrected chi connectivity index (χ4v) is 3.45. The lowest BCUT2D eigenvalue weighted by atomic mass is 9.76. The smallest absolute Gasteiger partial charge is 0.123 e. The van der Waals surface area contributed by atoms with Crippen molar-refractivity contribution in [1.82, 2.24) is 9.78 Å². The quantitative estimate of drug-likeness (QED) is 0.472. The summed E-state index contributed by atoms with van der Waals surface area (Å²) >= 11 is 0. The van der Waals surface area contributed by atoms with Gasteiger partial charge in [-0.3, -0.25) is 0 Å². The summed E-state index contributed by atoms with van der Waals surface area (Å²) < 4.78 is 1.83. The number of para-hydroxylation sites is 1. The highest BCUT2D eigenvalue weighted by Crippen LogP contribution is 2.46. The average molecular weight is 364 g/mol. The van der Waals surface area contributed by atoms with E-state index in [0.717, 1.165) is 28.1 Å². The second kappa shape index (κ2) is 6.45. The number of benzene rings is 2. The maximum Gasteiger partial charge on any atom is 0.123 e. The van der Waals surface area contributed by atoms with Gasteiger partial charge in [-0.05, 0) is 35.1 Å². The molecule has 0 radical (unpaired) electrons. The molecule has 0 saturated carbocycles. The summed E-state index contributed by atoms with van der Waals surface area (Å²) in [5, 5.41) is 15.9. The first-order chi connectivity index (χ1) is 12.5. The topological polar surface area (TPSA) is 64.1 Å². The van der Waals surface area contributed by atoms with Gasteiger partial charge >= 0.3 is 0 Å². The van der Waals surface area contributed by atoms with E-state index < -0.39 is 0 Å². The highest BCUT2D eigenvalue weighted by Gasteiger charge is 2.31. The minimum atomic E-state index is -0.286. The van der Waals surface area contributed by atoms with Crippen LogP contribution < -0.4 is 5.73 Å². The lowest BCUT2D eigenvalue weighted by Gasteiger charge is -2.30. The second-order valence-corrected chi connectivity index (χ2v) is 9.09. The molecule has 1 heterocycles. The number of nitrogens with zero attached hydrogens (tertiary/aromatic N) is 2. The van der Waals surface area contributed by atoms with E-state index in [0.29, 0.717) is 11.4 Å². The first kappa shape index (κ1) is 19.0. The zero-order chi connectivity index (χ0) is 20.0. The molecular weight excluding hydrogens is 334 g/mol. The molecule has 0 amide bonds. The molecule has 0 aliphatic rings. The molecule has 3 N–H and O–H groups in total. The molecule has 3 aromatic rings. The summed E-state index contributed by atoms with van der Waals surface area (Å²) in [6.45, 7) is 12.5. The van der Waals surface area contributed by atoms with Gasteiger partial charge in [0.1, 0.15) is 5.75 Å². The molecule has 0 saturated heterocycles. The Hall–Kier alpha value is -2.75. The molecule has 0 fully saturated rings. The number of nitrogens with two attached hydrogens (primary N) is 1. The number of hydrogen-bond donors (Lipinski definition) is 2. The lowest BCUT2D eigenvalue weighted by Crippen LogP contribution is -2.19. The Morgan fingerprint density at radius 2 is 1.56 bits per heavy atom. The normalized spacial score (nSPS) is 12.4. The molecule has 0 unspecified atom stereocenters. The molecule has 142 valence electrons. The van der Waals surface area contributed by atoms with Gasteiger partial charge in [0.05, 0.1) is 11.4 Å². The number of aromatic nitrogens is 2. The standard InChI is InChI=1S/C23H29N3O/c1-22(2,3)16-14-17(24)19(20(21(16)27)23(4,5)6)18-12-13-26(25-18)15-10-8-7-9-11-15/h7-14,27H,24H2,1-6H3. The van der Waals surface area contributed by atoms with Crippen LogP contribution in [-0.4, -0.2) is 14.9 Å². The maximum absolute atomic E-state index is 11.2. The summed E-state index contributed by atoms with van der Waals surface area (Å²) in [4.78, 5) is 0. The monoisotopic (exact) mass is 363 g/mol. The summed E-state index contributed by atoms with van der Waals surface area (Å²) in [5.41, 5.74) is 10.9. The van der Waals surface area contributed by atoms with Crippen LogP contribution in [0.5, 0.6) is 5.75 Å². The minimum Gasteiger partial charge on any atom is -0.507 e. The molecule has 4 heteroatoms. The molecule has 27 heavy (non-hydrogen) atoms. The van der Waals surface area contributed by atoms with Crippen LogP contribution in [0.15, 0.2) is 48.7 Å². The van der Waals surface area contributed by atoms with Crippen LogP contribution in [0.25, 0.3) is 16.9 Å². The van der Waals surface area contributed by atoms with Gasteiger partial charge in [0.15, 0.2) is 0 Å². The van der Waals surface area contributed by atoms with Crippen LogP contribution in [0.1, 0.15) is 52.7 Å². The van der Waals surface area contributed by atoms with E-state index >= 15 is 0 Å². The number of phenols is 1. The third-order valence-electron chi connectivity index (χ3n) is 4.75. The van der Waals surface area contributed by atoms with Gasteiger partial charge in [0.2, 0.25) is 0 Å². The zero-order valence-electron chi connectivity index (χ0n) is 17.0. The van der Waals surface area contributed by atoms with Crippen molar-refractivity contribution in [2.45, 2.75) is 52.4 Å². The second-order valence-electron chi connectivity index (χ2n) is 9.09. The predicted octanol–water partition coefficient (Wildman–Crippen LogP) is 5.42. The van der Waals surface area contributed by atoms with Crippen molar-refractivity contribution in [3.63, 3.8) is 0 Å². The van der Waals surface area contributed by atoms with E-state index in [1.54, 1.807) is 0 Å². The van der Waals surface area contributed by atoms with E-state index in [2.05, 4.69) is 41.5 Å². The Labute approximate surface area is 161 Å². The summed E-state index contributed by atoms with van der Waals surface area (Å²) in [5.74, 6) is 0.313. The van der Waals surface area contributed by atoms with E-state index in [-0.39, 0.29) is 10.8 Å². The molecule has 0 aliphatic heterocycles. The lowest BCUT2D eigenvalue weighted by molar-refractivity contribution is 0.424. The van der Waals surface area contributed by atoms with E-state index in [9.17, 15) is 5.11 Å². The Bertz CT molecular complexity index is 958. The zero-order valence-corrected chi connectivity index (χ0v) is 17.0. The van der Waals surface area contributed by atoms with Crippen molar-refractivity contribution in [1.29, 1.82) is 0 Å². The highest BCUT2D eigenvalue weighted by molar-refractivity contribution is 5.82. The van der Waals surface area contributed by atoms with E-state index in [4.69, 9.17) is 10.8 Å². The first-order valence-electron chi connectivity index (χ1n) is 9.28. The Kier molecular flexibility index (Phi) is 4.54. The Balaban J connectivity index is 2.25. The number of nitrogen functional groups attached to an aromatic ring is 1. The summed E-state index contributed by atoms with van der Waals surface area (Å²) in [6.07, 6.45) is 1.92. The van der Waals surface area contributed by atoms with Crippen LogP contribution in [0.4, 0.5) is 5.69 Å². The molecule has 1 aromatic heterocycles. The van der Waals surface area contributed by atoms with E-state index in [1.165, 1.54) is 0 Å². The fourth-order valence-electron chi connectivity index (χ4n) is 3.45. The molecule has 3 rings (SSSR count). The molecule has 4 nitrogen and oxygen atoms in total. The number of hydrogen-bond acceptors (Lipinski definition) is 3. The van der Waals surface area contributed by atoms with Gasteiger partial charge in [-0.25, -0.2) is 4.68 Å². The molecule has 2 aromatic carbocycles. The number of phenolic OH excluding ortho intramolecular Hbond substituents is 1. The number of anilines is 1. The highest BCUT2D eigenvalue weighted by atomic mass is 16.3. The van der Waals surface area contributed by atoms with Crippen LogP contribution in [0.2, 0.25) is 0 Å². The van der Waals surface area contributed by atoms with Crippen molar-refractivity contribution in [2.24, 2.45) is 0 Å². The van der Waals surface area contributed by atoms with Crippen molar-refractivity contribution in [3.8, 4) is 22.7 Å². The van der Waals surface area contributed by atoms with Crippen LogP contribution in [-0.2, 0) is 10.8 Å². The largest absolute Gasteiger partial charge is 0.507 e. The number of aromatic hydroxyl groups is 1. The number of rotatable bonds is 2. The van der Waals surface area contributed by atoms with Crippen molar-refractivity contribution in [3.05, 3.63) is 59.8 Å². The SMILES string of the molecule is CC(C)(C)c1cc(N)c(-c2ccn(-c3ccccc3)n2)c(C(C)(C)C)c1O. The summed E-state index contributed by atoms with van der Waals surface area (Å²) in [6, 6.07) is 13.8. The maximum atomic E-state index is 11.2. The van der Waals surface area contributed by atoms with Gasteiger partial charge in [0.25, 0.3) is 0 Å². The van der Waals surface area contributed by atoms with Gasteiger partial charge in [-0.2, -0.15) is 5.10 Å². The van der Waals surface area contributed by atoms with E-state index in [1.807, 2.05) is 53.3 Å². The van der Waals surface area contributed by atoms with Gasteiger partial charge in [0, 0.05) is 28.6 Å². The van der Waals surface area contributed by atoms with Gasteiger partial charge < -0.3 is 10.8 Å². The first-order valence-corrected chi connectivity index (χ1v) is 9.28. The van der Waals surface area contributed by atoms with Crippen molar-refractivity contribution >= 4 is 5.69 Å². The molecule has 0 aliphatic carbocycles. The Morgan fingerprint density at radius 3 is 2.11 bits per heavy atom. The molecule has 0 atom stereocenters. The van der Waals surface area contributed by atoms with Crippen LogP contribution in [0.3, 0.4) is 0 Å². The van der Waals surface area contributed by atoms with Crippen LogP contribution >= 0.6 is 0 Å². The third kappa shape index (κ3) is 3.57. The van der Waals surface area contributed by atoms with Crippen molar-refractivity contribution < 1.29 is 5.11 Å². The fraction of sp³-hybridized carbons (Fsp3) is 0.348. The van der Waals surface area contributed by atoms with Crippen molar-refractivity contribution in [2.75, 3.05) is 5.73 Å². The van der Waals surface area contributed by atoms with Gasteiger partial charge in [-0.1, -0.05) is 59.7 Å².